The molecule has 0 fully saturated rings. The summed E-state index contributed by atoms with van der Waals surface area (Å²) in [5.74, 6) is -1.06. The summed E-state index contributed by atoms with van der Waals surface area (Å²) in [5.41, 5.74) is 1.42. The summed E-state index contributed by atoms with van der Waals surface area (Å²) in [4.78, 5) is 26.7. The van der Waals surface area contributed by atoms with Crippen molar-refractivity contribution in [3.63, 3.8) is 0 Å². The highest BCUT2D eigenvalue weighted by Crippen LogP contribution is 2.30. The maximum atomic E-state index is 14.2. The molecule has 0 aliphatic rings. The van der Waals surface area contributed by atoms with Crippen molar-refractivity contribution in [2.45, 2.75) is 10.9 Å². The zero-order chi connectivity index (χ0) is 27.4. The number of benzene rings is 3. The Labute approximate surface area is 217 Å². The number of ether oxygens (including phenoxy) is 1. The molecular formula is C26H23FN4O6S. The van der Waals surface area contributed by atoms with Gasteiger partial charge in [0.15, 0.2) is 0 Å². The van der Waals surface area contributed by atoms with Crippen LogP contribution in [0.2, 0.25) is 0 Å². The van der Waals surface area contributed by atoms with Crippen LogP contribution in [0.4, 0.5) is 15.8 Å². The van der Waals surface area contributed by atoms with Gasteiger partial charge in [-0.1, -0.05) is 12.1 Å². The number of anilines is 1. The molecule has 1 heterocycles. The van der Waals surface area contributed by atoms with E-state index in [0.29, 0.717) is 22.2 Å². The number of nitro benzene ring substituents is 1. The van der Waals surface area contributed by atoms with Gasteiger partial charge in [-0.15, -0.1) is 0 Å². The lowest BCUT2D eigenvalue weighted by molar-refractivity contribution is -0.384. The highest BCUT2D eigenvalue weighted by molar-refractivity contribution is 7.89. The summed E-state index contributed by atoms with van der Waals surface area (Å²) >= 11 is 0. The molecule has 4 aromatic rings. The van der Waals surface area contributed by atoms with Crippen molar-refractivity contribution in [2.75, 3.05) is 26.0 Å². The number of aromatic nitrogens is 1. The summed E-state index contributed by atoms with van der Waals surface area (Å²) in [5, 5.41) is 14.8. The second kappa shape index (κ2) is 10.9. The molecule has 10 nitrogen and oxygen atoms in total. The van der Waals surface area contributed by atoms with Crippen LogP contribution in [0.3, 0.4) is 0 Å². The minimum absolute atomic E-state index is 0.122. The van der Waals surface area contributed by atoms with Crippen molar-refractivity contribution in [3.05, 3.63) is 106 Å². The average Bonchev–Trinajstić information content (AvgIpc) is 2.92. The predicted molar refractivity (Wildman–Crippen MR) is 139 cm³/mol. The first-order chi connectivity index (χ1) is 18.1. The maximum Gasteiger partial charge on any atom is 0.340 e. The van der Waals surface area contributed by atoms with Crippen LogP contribution in [0.5, 0.6) is 0 Å². The minimum Gasteiger partial charge on any atom is -0.465 e. The monoisotopic (exact) mass is 538 g/mol. The standard InChI is InChI=1S/C26H23FN4O6S/c1-30(38(35,36)20-10-8-19(9-11-20)31(33)34)16-24(17-5-3-6-18(27)15-17)29-23-13-12-22(26(32)37-2)25-21(23)7-4-14-28-25/h3-15,24,29H,16H2,1-2H3. The molecule has 196 valence electrons. The van der Waals surface area contributed by atoms with Gasteiger partial charge in [0.25, 0.3) is 5.69 Å². The number of sulfonamides is 1. The molecule has 1 unspecified atom stereocenters. The van der Waals surface area contributed by atoms with Crippen LogP contribution in [-0.4, -0.2) is 49.3 Å². The zero-order valence-electron chi connectivity index (χ0n) is 20.4. The summed E-state index contributed by atoms with van der Waals surface area (Å²) in [6.07, 6.45) is 1.53. The number of nitrogens with zero attached hydrogens (tertiary/aromatic N) is 3. The van der Waals surface area contributed by atoms with Gasteiger partial charge in [0.2, 0.25) is 10.0 Å². The van der Waals surface area contributed by atoms with Gasteiger partial charge in [-0.05, 0) is 54.1 Å². The first-order valence-corrected chi connectivity index (χ1v) is 12.7. The summed E-state index contributed by atoms with van der Waals surface area (Å²) in [6, 6.07) is 16.2. The van der Waals surface area contributed by atoms with Gasteiger partial charge in [-0.2, -0.15) is 4.31 Å². The molecule has 0 aliphatic heterocycles. The number of nitrogens with one attached hydrogen (secondary N) is 1. The number of hydrogen-bond donors (Lipinski definition) is 1. The molecule has 0 bridgehead atoms. The number of carbonyl (C=O) groups is 1. The van der Waals surface area contributed by atoms with Crippen LogP contribution in [0, 0.1) is 15.9 Å². The van der Waals surface area contributed by atoms with E-state index in [1.165, 1.54) is 50.7 Å². The Kier molecular flexibility index (Phi) is 7.65. The smallest absolute Gasteiger partial charge is 0.340 e. The number of carbonyl (C=O) groups excluding carboxylic acids is 1. The third kappa shape index (κ3) is 5.45. The van der Waals surface area contributed by atoms with Crippen molar-refractivity contribution >= 4 is 38.3 Å². The van der Waals surface area contributed by atoms with Crippen molar-refractivity contribution in [2.24, 2.45) is 0 Å². The molecule has 0 radical (unpaired) electrons. The number of pyridine rings is 1. The second-order valence-corrected chi connectivity index (χ2v) is 10.4. The van der Waals surface area contributed by atoms with Gasteiger partial charge in [-0.25, -0.2) is 17.6 Å². The first-order valence-electron chi connectivity index (χ1n) is 11.3. The summed E-state index contributed by atoms with van der Waals surface area (Å²) in [7, 11) is -1.41. The maximum absolute atomic E-state index is 14.2. The number of hydrogen-bond acceptors (Lipinski definition) is 8. The Balaban J connectivity index is 1.71. The lowest BCUT2D eigenvalue weighted by Gasteiger charge is -2.27. The number of nitro groups is 1. The SMILES string of the molecule is COC(=O)c1ccc(NC(CN(C)S(=O)(=O)c2ccc([N+](=O)[O-])cc2)c2cccc(F)c2)c2cccnc12. The summed E-state index contributed by atoms with van der Waals surface area (Å²) < 4.78 is 46.6. The van der Waals surface area contributed by atoms with E-state index in [-0.39, 0.29) is 22.7 Å². The minimum atomic E-state index is -4.05. The van der Waals surface area contributed by atoms with E-state index in [4.69, 9.17) is 4.74 Å². The number of non-ortho nitro benzene ring substituents is 1. The van der Waals surface area contributed by atoms with Gasteiger partial charge < -0.3 is 10.1 Å². The Bertz CT molecular complexity index is 1610. The van der Waals surface area contributed by atoms with Crippen molar-refractivity contribution in [1.29, 1.82) is 0 Å². The normalized spacial score (nSPS) is 12.3. The first kappa shape index (κ1) is 26.6. The molecule has 1 atom stereocenters. The van der Waals surface area contributed by atoms with E-state index < -0.39 is 32.8 Å². The number of esters is 1. The second-order valence-electron chi connectivity index (χ2n) is 8.34. The molecular weight excluding hydrogens is 515 g/mol. The van der Waals surface area contributed by atoms with Crippen molar-refractivity contribution in [1.82, 2.24) is 9.29 Å². The van der Waals surface area contributed by atoms with Crippen molar-refractivity contribution in [3.8, 4) is 0 Å². The van der Waals surface area contributed by atoms with Crippen molar-refractivity contribution < 1.29 is 27.3 Å². The Hall–Kier alpha value is -4.42. The zero-order valence-corrected chi connectivity index (χ0v) is 21.2. The van der Waals surface area contributed by atoms with E-state index in [1.807, 2.05) is 0 Å². The molecule has 4 rings (SSSR count). The molecule has 1 aromatic heterocycles. The third-order valence-electron chi connectivity index (χ3n) is 5.95. The van der Waals surface area contributed by atoms with Crippen LogP contribution in [-0.2, 0) is 14.8 Å². The number of rotatable bonds is 9. The molecule has 3 aromatic carbocycles. The highest BCUT2D eigenvalue weighted by Gasteiger charge is 2.26. The van der Waals surface area contributed by atoms with Gasteiger partial charge in [0.1, 0.15) is 5.82 Å². The van der Waals surface area contributed by atoms with Crippen LogP contribution in [0.1, 0.15) is 22.0 Å². The van der Waals surface area contributed by atoms with Crippen LogP contribution in [0.15, 0.2) is 83.9 Å². The topological polar surface area (TPSA) is 132 Å². The van der Waals surface area contributed by atoms with Gasteiger partial charge in [-0.3, -0.25) is 15.1 Å². The molecule has 12 heteroatoms. The van der Waals surface area contributed by atoms with E-state index in [1.54, 1.807) is 30.3 Å². The molecule has 0 amide bonds. The van der Waals surface area contributed by atoms with Gasteiger partial charge in [0.05, 0.1) is 34.1 Å². The third-order valence-corrected chi connectivity index (χ3v) is 7.79. The lowest BCUT2D eigenvalue weighted by Crippen LogP contribution is -2.33. The van der Waals surface area contributed by atoms with Gasteiger partial charge in [0, 0.05) is 43.0 Å². The number of likely N-dealkylation sites (N-methyl/N-ethyl adjacent to an activating group) is 1. The van der Waals surface area contributed by atoms with E-state index in [0.717, 1.165) is 16.4 Å². The number of halogens is 1. The molecule has 0 aliphatic carbocycles. The Morgan fingerprint density at radius 2 is 1.87 bits per heavy atom. The van der Waals surface area contributed by atoms with E-state index in [2.05, 4.69) is 10.3 Å². The Morgan fingerprint density at radius 3 is 2.53 bits per heavy atom. The number of fused-ring (bicyclic) bond motifs is 1. The molecule has 0 saturated carbocycles. The molecule has 1 N–H and O–H groups in total. The molecule has 0 saturated heterocycles. The van der Waals surface area contributed by atoms with Crippen LogP contribution in [0.25, 0.3) is 10.9 Å². The van der Waals surface area contributed by atoms with Crippen LogP contribution >= 0.6 is 0 Å². The average molecular weight is 539 g/mol. The molecule has 38 heavy (non-hydrogen) atoms. The Morgan fingerprint density at radius 1 is 1.13 bits per heavy atom. The predicted octanol–water partition coefficient (Wildman–Crippen LogP) is 4.54. The molecule has 0 spiro atoms. The largest absolute Gasteiger partial charge is 0.465 e. The summed E-state index contributed by atoms with van der Waals surface area (Å²) in [6.45, 7) is -0.122. The fourth-order valence-electron chi connectivity index (χ4n) is 3.99. The fraction of sp³-hybridized carbons (Fsp3) is 0.154. The van der Waals surface area contributed by atoms with E-state index in [9.17, 15) is 27.7 Å². The van der Waals surface area contributed by atoms with Crippen LogP contribution < -0.4 is 5.32 Å². The fourth-order valence-corrected chi connectivity index (χ4v) is 5.18. The van der Waals surface area contributed by atoms with E-state index >= 15 is 0 Å². The number of methoxy groups -OCH3 is 1. The highest BCUT2D eigenvalue weighted by atomic mass is 32.2. The lowest BCUT2D eigenvalue weighted by atomic mass is 10.0. The van der Waals surface area contributed by atoms with Gasteiger partial charge >= 0.3 is 5.97 Å². The quantitative estimate of drug-likeness (QED) is 0.187.